The molecule has 4 aromatic rings. The van der Waals surface area contributed by atoms with Gasteiger partial charge in [0.15, 0.2) is 5.43 Å². The van der Waals surface area contributed by atoms with Crippen molar-refractivity contribution in [2.45, 2.75) is 34.2 Å². The van der Waals surface area contributed by atoms with Gasteiger partial charge in [0, 0.05) is 23.0 Å². The monoisotopic (exact) mass is 426 g/mol. The van der Waals surface area contributed by atoms with E-state index in [0.717, 1.165) is 33.7 Å². The van der Waals surface area contributed by atoms with Gasteiger partial charge in [0.2, 0.25) is 0 Å². The number of furan rings is 1. The van der Waals surface area contributed by atoms with E-state index >= 15 is 0 Å². The second-order valence-corrected chi connectivity index (χ2v) is 8.06. The molecule has 162 valence electrons. The fourth-order valence-electron chi connectivity index (χ4n) is 3.94. The van der Waals surface area contributed by atoms with Crippen molar-refractivity contribution in [2.24, 2.45) is 0 Å². The highest BCUT2D eigenvalue weighted by Crippen LogP contribution is 2.29. The molecule has 0 radical (unpaired) electrons. The van der Waals surface area contributed by atoms with E-state index in [1.807, 2.05) is 86.9 Å². The first-order chi connectivity index (χ1) is 15.4. The summed E-state index contributed by atoms with van der Waals surface area (Å²) in [5, 5.41) is 2.97. The van der Waals surface area contributed by atoms with Crippen LogP contribution < -0.4 is 10.7 Å². The molecule has 0 bridgehead atoms. The summed E-state index contributed by atoms with van der Waals surface area (Å²) in [5.41, 5.74) is 5.72. The maximum Gasteiger partial charge on any atom is 0.261 e. The topological polar surface area (TPSA) is 64.2 Å². The summed E-state index contributed by atoms with van der Waals surface area (Å²) in [6.07, 6.45) is 1.62. The number of hydrogen-bond donors (Lipinski definition) is 1. The number of benzene rings is 2. The first-order valence-electron chi connectivity index (χ1n) is 10.6. The molecule has 5 heteroatoms. The van der Waals surface area contributed by atoms with Gasteiger partial charge in [0.1, 0.15) is 11.3 Å². The van der Waals surface area contributed by atoms with Crippen LogP contribution in [0.1, 0.15) is 38.5 Å². The molecule has 32 heavy (non-hydrogen) atoms. The van der Waals surface area contributed by atoms with Gasteiger partial charge in [-0.3, -0.25) is 9.59 Å². The average Bonchev–Trinajstić information content (AvgIpc) is 3.27. The first-order valence-corrected chi connectivity index (χ1v) is 10.6. The minimum absolute atomic E-state index is 0.123. The Bertz CT molecular complexity index is 1350. The van der Waals surface area contributed by atoms with Crippen molar-refractivity contribution >= 4 is 11.6 Å². The molecule has 1 amide bonds. The maximum atomic E-state index is 13.5. The number of carbonyl (C=O) groups is 1. The van der Waals surface area contributed by atoms with Gasteiger partial charge >= 0.3 is 0 Å². The summed E-state index contributed by atoms with van der Waals surface area (Å²) in [4.78, 5) is 26.7. The molecule has 0 fully saturated rings. The Balaban J connectivity index is 1.93. The van der Waals surface area contributed by atoms with E-state index in [1.165, 1.54) is 6.07 Å². The number of amides is 1. The lowest BCUT2D eigenvalue weighted by molar-refractivity contribution is 0.102. The van der Waals surface area contributed by atoms with Crippen LogP contribution in [-0.2, 0) is 6.54 Å². The average molecular weight is 427 g/mol. The Morgan fingerprint density at radius 2 is 1.69 bits per heavy atom. The number of anilines is 1. The molecule has 0 aliphatic heterocycles. The lowest BCUT2D eigenvalue weighted by Crippen LogP contribution is -2.27. The van der Waals surface area contributed by atoms with Gasteiger partial charge in [-0.15, -0.1) is 0 Å². The zero-order valence-electron chi connectivity index (χ0n) is 18.7. The molecule has 0 aliphatic carbocycles. The van der Waals surface area contributed by atoms with Crippen molar-refractivity contribution in [3.63, 3.8) is 0 Å². The molecule has 0 spiro atoms. The molecular weight excluding hydrogens is 400 g/mol. The number of nitrogens with zero attached hydrogens (tertiary/aromatic N) is 1. The molecule has 2 aromatic heterocycles. The third-order valence-electron chi connectivity index (χ3n) is 5.89. The molecule has 1 N–H and O–H groups in total. The highest BCUT2D eigenvalue weighted by Gasteiger charge is 2.23. The van der Waals surface area contributed by atoms with Crippen LogP contribution in [0.3, 0.4) is 0 Å². The van der Waals surface area contributed by atoms with Crippen molar-refractivity contribution in [3.8, 4) is 11.3 Å². The Labute approximate surface area is 187 Å². The lowest BCUT2D eigenvalue weighted by atomic mass is 9.98. The number of aryl methyl sites for hydroxylation is 3. The Kier molecular flexibility index (Phi) is 5.82. The number of nitrogens with one attached hydrogen (secondary N) is 1. The van der Waals surface area contributed by atoms with Gasteiger partial charge < -0.3 is 14.3 Å². The second kappa shape index (κ2) is 8.71. The lowest BCUT2D eigenvalue weighted by Gasteiger charge is -2.21. The Morgan fingerprint density at radius 1 is 0.938 bits per heavy atom. The van der Waals surface area contributed by atoms with Crippen LogP contribution in [-0.4, -0.2) is 10.5 Å². The normalized spacial score (nSPS) is 10.9. The molecule has 5 nitrogen and oxygen atoms in total. The minimum atomic E-state index is -0.421. The predicted molar refractivity (Wildman–Crippen MR) is 127 cm³/mol. The van der Waals surface area contributed by atoms with Crippen molar-refractivity contribution < 1.29 is 9.21 Å². The quantitative estimate of drug-likeness (QED) is 0.449. The highest BCUT2D eigenvalue weighted by atomic mass is 16.3. The molecule has 4 rings (SSSR count). The minimum Gasteiger partial charge on any atom is -0.467 e. The number of hydrogen-bond acceptors (Lipinski definition) is 3. The molecule has 0 aliphatic rings. The Morgan fingerprint density at radius 3 is 2.41 bits per heavy atom. The molecule has 2 heterocycles. The summed E-state index contributed by atoms with van der Waals surface area (Å²) in [6.45, 7) is 8.21. The van der Waals surface area contributed by atoms with Crippen LogP contribution >= 0.6 is 0 Å². The fourth-order valence-corrected chi connectivity index (χ4v) is 3.94. The summed E-state index contributed by atoms with van der Waals surface area (Å²) >= 11 is 0. The van der Waals surface area contributed by atoms with Crippen LogP contribution in [0.25, 0.3) is 11.3 Å². The molecular formula is C27H26N2O3. The Hall–Kier alpha value is -3.86. The number of rotatable bonds is 5. The molecule has 2 aromatic carbocycles. The van der Waals surface area contributed by atoms with Crippen LogP contribution in [0, 0.1) is 27.7 Å². The fraction of sp³-hybridized carbons (Fsp3) is 0.185. The van der Waals surface area contributed by atoms with Crippen LogP contribution in [0.2, 0.25) is 0 Å². The zero-order valence-corrected chi connectivity index (χ0v) is 18.7. The molecule has 0 saturated carbocycles. The van der Waals surface area contributed by atoms with Gasteiger partial charge in [-0.25, -0.2) is 0 Å². The third-order valence-corrected chi connectivity index (χ3v) is 5.89. The zero-order chi connectivity index (χ0) is 22.8. The van der Waals surface area contributed by atoms with Crippen molar-refractivity contribution in [2.75, 3.05) is 5.32 Å². The van der Waals surface area contributed by atoms with Crippen LogP contribution in [0.15, 0.2) is 76.1 Å². The molecule has 0 saturated heterocycles. The molecule has 0 atom stereocenters. The summed E-state index contributed by atoms with van der Waals surface area (Å²) in [6, 6.07) is 18.7. The number of pyridine rings is 1. The van der Waals surface area contributed by atoms with E-state index in [2.05, 4.69) is 5.32 Å². The number of carbonyl (C=O) groups excluding carboxylic acids is 1. The van der Waals surface area contributed by atoms with E-state index in [9.17, 15) is 9.59 Å². The maximum absolute atomic E-state index is 13.5. The van der Waals surface area contributed by atoms with Gasteiger partial charge in [-0.05, 0) is 62.6 Å². The SMILES string of the molecule is Cc1ccccc1-c1c(C(=O)Nc2cccc(C)c2C)c(=O)cc(C)n1Cc1ccco1. The highest BCUT2D eigenvalue weighted by molar-refractivity contribution is 6.08. The summed E-state index contributed by atoms with van der Waals surface area (Å²) < 4.78 is 7.54. The standard InChI is InChI=1S/C27H26N2O3/c1-17-10-7-13-23(20(17)4)28-27(31)25-24(30)15-19(3)29(16-21-11-8-14-32-21)26(25)22-12-6-5-9-18(22)2/h5-15H,16H2,1-4H3,(H,28,31). The van der Waals surface area contributed by atoms with Crippen molar-refractivity contribution in [1.82, 2.24) is 4.57 Å². The van der Waals surface area contributed by atoms with Crippen molar-refractivity contribution in [3.05, 3.63) is 111 Å². The first kappa shape index (κ1) is 21.4. The smallest absolute Gasteiger partial charge is 0.261 e. The van der Waals surface area contributed by atoms with Gasteiger partial charge in [-0.2, -0.15) is 0 Å². The van der Waals surface area contributed by atoms with Crippen LogP contribution in [0.4, 0.5) is 5.69 Å². The molecule has 0 unspecified atom stereocenters. The van der Waals surface area contributed by atoms with Gasteiger partial charge in [0.05, 0.1) is 18.5 Å². The van der Waals surface area contributed by atoms with Crippen LogP contribution in [0.5, 0.6) is 0 Å². The largest absolute Gasteiger partial charge is 0.467 e. The summed E-state index contributed by atoms with van der Waals surface area (Å²) in [7, 11) is 0. The third kappa shape index (κ3) is 4.02. The second-order valence-electron chi connectivity index (χ2n) is 8.06. The number of aromatic nitrogens is 1. The van der Waals surface area contributed by atoms with Crippen molar-refractivity contribution in [1.29, 1.82) is 0 Å². The van der Waals surface area contributed by atoms with E-state index in [1.54, 1.807) is 6.26 Å². The van der Waals surface area contributed by atoms with Gasteiger partial charge in [-0.1, -0.05) is 36.4 Å². The van der Waals surface area contributed by atoms with Gasteiger partial charge in [0.25, 0.3) is 5.91 Å². The van der Waals surface area contributed by atoms with E-state index in [4.69, 9.17) is 4.42 Å². The predicted octanol–water partition coefficient (Wildman–Crippen LogP) is 5.64. The van der Waals surface area contributed by atoms with E-state index < -0.39 is 5.91 Å². The summed E-state index contributed by atoms with van der Waals surface area (Å²) in [5.74, 6) is 0.322. The van der Waals surface area contributed by atoms with E-state index in [0.29, 0.717) is 17.9 Å². The van der Waals surface area contributed by atoms with E-state index in [-0.39, 0.29) is 11.0 Å².